The molecule has 0 fully saturated rings. The summed E-state index contributed by atoms with van der Waals surface area (Å²) >= 11 is 0. The minimum absolute atomic E-state index is 0.0469. The molecule has 1 aliphatic heterocycles. The van der Waals surface area contributed by atoms with E-state index in [2.05, 4.69) is 10.0 Å². The average molecular weight is 419 g/mol. The predicted molar refractivity (Wildman–Crippen MR) is 110 cm³/mol. The van der Waals surface area contributed by atoms with Crippen molar-refractivity contribution < 1.29 is 22.7 Å². The summed E-state index contributed by atoms with van der Waals surface area (Å²) in [6.07, 6.45) is 0.942. The van der Waals surface area contributed by atoms with Gasteiger partial charge in [-0.2, -0.15) is 0 Å². The van der Waals surface area contributed by atoms with E-state index in [1.54, 1.807) is 13.0 Å². The Labute approximate surface area is 171 Å². The molecule has 2 aromatic rings. The van der Waals surface area contributed by atoms with Crippen LogP contribution >= 0.6 is 0 Å². The molecular formula is C21H26N2O5S. The molecule has 0 saturated heterocycles. The fourth-order valence-corrected chi connectivity index (χ4v) is 4.07. The lowest BCUT2D eigenvalue weighted by molar-refractivity contribution is 0.0949. The van der Waals surface area contributed by atoms with Crippen LogP contribution in [0.2, 0.25) is 0 Å². The Morgan fingerprint density at radius 1 is 1.28 bits per heavy atom. The van der Waals surface area contributed by atoms with Crippen molar-refractivity contribution in [1.82, 2.24) is 10.0 Å². The maximum Gasteiger partial charge on any atom is 0.251 e. The van der Waals surface area contributed by atoms with Crippen LogP contribution in [0.1, 0.15) is 40.9 Å². The van der Waals surface area contributed by atoms with Crippen molar-refractivity contribution in [3.8, 4) is 11.5 Å². The van der Waals surface area contributed by atoms with Gasteiger partial charge in [-0.05, 0) is 57.6 Å². The number of sulfonamides is 1. The zero-order valence-corrected chi connectivity index (χ0v) is 17.9. The second-order valence-electron chi connectivity index (χ2n) is 7.00. The van der Waals surface area contributed by atoms with Crippen LogP contribution in [0.15, 0.2) is 35.2 Å². The van der Waals surface area contributed by atoms with Gasteiger partial charge in [0.15, 0.2) is 0 Å². The van der Waals surface area contributed by atoms with Crippen molar-refractivity contribution in [2.75, 3.05) is 13.7 Å². The molecule has 0 aliphatic carbocycles. The van der Waals surface area contributed by atoms with Crippen molar-refractivity contribution in [2.24, 2.45) is 0 Å². The molecule has 2 N–H and O–H groups in total. The first-order valence-corrected chi connectivity index (χ1v) is 11.0. The molecule has 2 aromatic carbocycles. The van der Waals surface area contributed by atoms with Crippen LogP contribution in [-0.2, 0) is 23.0 Å². The van der Waals surface area contributed by atoms with Gasteiger partial charge >= 0.3 is 0 Å². The van der Waals surface area contributed by atoms with Crippen LogP contribution in [0, 0.1) is 6.92 Å². The fourth-order valence-electron chi connectivity index (χ4n) is 3.31. The molecule has 0 spiro atoms. The molecule has 0 radical (unpaired) electrons. The first-order chi connectivity index (χ1) is 13.7. The number of nitrogens with one attached hydrogen (secondary N) is 2. The number of amides is 1. The molecule has 0 bridgehead atoms. The number of fused-ring (bicyclic) bond motifs is 1. The van der Waals surface area contributed by atoms with E-state index in [1.807, 2.05) is 26.0 Å². The number of hydrogen-bond donors (Lipinski definition) is 2. The highest BCUT2D eigenvalue weighted by Crippen LogP contribution is 2.35. The van der Waals surface area contributed by atoms with Gasteiger partial charge < -0.3 is 14.8 Å². The maximum atomic E-state index is 12.8. The first kappa shape index (κ1) is 21.1. The monoisotopic (exact) mass is 418 g/mol. The van der Waals surface area contributed by atoms with Crippen molar-refractivity contribution in [2.45, 2.75) is 44.7 Å². The summed E-state index contributed by atoms with van der Waals surface area (Å²) < 4.78 is 37.9. The highest BCUT2D eigenvalue weighted by atomic mass is 32.2. The number of rotatable bonds is 7. The van der Waals surface area contributed by atoms with Gasteiger partial charge in [-0.25, -0.2) is 13.1 Å². The van der Waals surface area contributed by atoms with Crippen molar-refractivity contribution in [3.05, 3.63) is 52.6 Å². The van der Waals surface area contributed by atoms with Crippen molar-refractivity contribution >= 4 is 15.9 Å². The number of carbonyl (C=O) groups is 1. The largest absolute Gasteiger partial charge is 0.494 e. The Morgan fingerprint density at radius 2 is 2.03 bits per heavy atom. The van der Waals surface area contributed by atoms with E-state index in [0.717, 1.165) is 23.3 Å². The molecule has 8 heteroatoms. The van der Waals surface area contributed by atoms with Gasteiger partial charge in [0, 0.05) is 29.7 Å². The zero-order valence-electron chi connectivity index (χ0n) is 17.0. The Balaban J connectivity index is 1.83. The number of benzene rings is 2. The van der Waals surface area contributed by atoms with E-state index < -0.39 is 10.0 Å². The minimum Gasteiger partial charge on any atom is -0.494 e. The second-order valence-corrected chi connectivity index (χ2v) is 8.89. The summed E-state index contributed by atoms with van der Waals surface area (Å²) in [5.74, 6) is 1.17. The highest BCUT2D eigenvalue weighted by molar-refractivity contribution is 7.89. The van der Waals surface area contributed by atoms with Crippen LogP contribution in [0.3, 0.4) is 0 Å². The molecule has 1 atom stereocenters. The molecule has 7 nitrogen and oxygen atoms in total. The van der Waals surface area contributed by atoms with E-state index in [0.29, 0.717) is 23.5 Å². The second kappa shape index (κ2) is 8.42. The number of hydrogen-bond acceptors (Lipinski definition) is 5. The van der Waals surface area contributed by atoms with Gasteiger partial charge in [-0.3, -0.25) is 4.79 Å². The standard InChI is InChI=1S/C21H26N2O5S/c1-5-27-19-9-15-8-14(3)28-20(15)10-16(19)12-23-21(24)18-11-17(7-6-13(18)2)29(25,26)22-4/h6-7,9-11,14,22H,5,8,12H2,1-4H3,(H,23,24)/t14-/m0/s1. The van der Waals surface area contributed by atoms with Crippen molar-refractivity contribution in [1.29, 1.82) is 0 Å². The number of ether oxygens (including phenoxy) is 2. The third kappa shape index (κ3) is 4.54. The zero-order chi connectivity index (χ0) is 21.2. The fraction of sp³-hybridized carbons (Fsp3) is 0.381. The van der Waals surface area contributed by atoms with Crippen LogP contribution in [0.4, 0.5) is 0 Å². The Hall–Kier alpha value is -2.58. The summed E-state index contributed by atoms with van der Waals surface area (Å²) in [5.41, 5.74) is 2.90. The summed E-state index contributed by atoms with van der Waals surface area (Å²) in [6.45, 7) is 6.43. The summed E-state index contributed by atoms with van der Waals surface area (Å²) in [6, 6.07) is 8.35. The highest BCUT2D eigenvalue weighted by Gasteiger charge is 2.22. The molecule has 29 heavy (non-hydrogen) atoms. The van der Waals surface area contributed by atoms with E-state index in [1.165, 1.54) is 19.2 Å². The molecule has 156 valence electrons. The Morgan fingerprint density at radius 3 is 2.72 bits per heavy atom. The van der Waals surface area contributed by atoms with Gasteiger partial charge in [0.1, 0.15) is 17.6 Å². The molecule has 0 aromatic heterocycles. The van der Waals surface area contributed by atoms with E-state index in [9.17, 15) is 13.2 Å². The normalized spacial score (nSPS) is 15.5. The van der Waals surface area contributed by atoms with Crippen LogP contribution in [0.25, 0.3) is 0 Å². The quantitative estimate of drug-likeness (QED) is 0.721. The lowest BCUT2D eigenvalue weighted by Crippen LogP contribution is -2.25. The number of aryl methyl sites for hydroxylation is 1. The van der Waals surface area contributed by atoms with Gasteiger partial charge in [-0.15, -0.1) is 0 Å². The van der Waals surface area contributed by atoms with Crippen LogP contribution in [-0.4, -0.2) is 34.1 Å². The molecule has 1 heterocycles. The summed E-state index contributed by atoms with van der Waals surface area (Å²) in [7, 11) is -2.30. The third-order valence-corrected chi connectivity index (χ3v) is 6.26. The first-order valence-electron chi connectivity index (χ1n) is 9.52. The predicted octanol–water partition coefficient (Wildman–Crippen LogP) is 2.56. The molecule has 1 amide bonds. The molecule has 3 rings (SSSR count). The Kier molecular flexibility index (Phi) is 6.14. The molecule has 0 saturated carbocycles. The topological polar surface area (TPSA) is 93.7 Å². The lowest BCUT2D eigenvalue weighted by Gasteiger charge is -2.14. The minimum atomic E-state index is -3.63. The molecular weight excluding hydrogens is 392 g/mol. The summed E-state index contributed by atoms with van der Waals surface area (Å²) in [4.78, 5) is 12.8. The van der Waals surface area contributed by atoms with Crippen molar-refractivity contribution in [3.63, 3.8) is 0 Å². The molecule has 1 aliphatic rings. The van der Waals surface area contributed by atoms with Crippen LogP contribution in [0.5, 0.6) is 11.5 Å². The van der Waals surface area contributed by atoms with E-state index >= 15 is 0 Å². The van der Waals surface area contributed by atoms with Gasteiger partial charge in [0.05, 0.1) is 11.5 Å². The van der Waals surface area contributed by atoms with E-state index in [4.69, 9.17) is 9.47 Å². The smallest absolute Gasteiger partial charge is 0.251 e. The third-order valence-electron chi connectivity index (χ3n) is 4.85. The molecule has 0 unspecified atom stereocenters. The van der Waals surface area contributed by atoms with Gasteiger partial charge in [0.2, 0.25) is 10.0 Å². The lowest BCUT2D eigenvalue weighted by atomic mass is 10.1. The van der Waals surface area contributed by atoms with Crippen LogP contribution < -0.4 is 19.5 Å². The average Bonchev–Trinajstić information content (AvgIpc) is 3.05. The SMILES string of the molecule is CCOc1cc2c(cc1CNC(=O)c1cc(S(=O)(=O)NC)ccc1C)O[C@@H](C)C2. The van der Waals surface area contributed by atoms with Gasteiger partial charge in [-0.1, -0.05) is 6.07 Å². The van der Waals surface area contributed by atoms with Gasteiger partial charge in [0.25, 0.3) is 5.91 Å². The number of carbonyl (C=O) groups excluding carboxylic acids is 1. The maximum absolute atomic E-state index is 12.8. The Bertz CT molecular complexity index is 1030. The van der Waals surface area contributed by atoms with E-state index in [-0.39, 0.29) is 23.5 Å². The summed E-state index contributed by atoms with van der Waals surface area (Å²) in [5, 5.41) is 2.86.